The van der Waals surface area contributed by atoms with E-state index in [9.17, 15) is 4.89 Å². The van der Waals surface area contributed by atoms with Crippen molar-refractivity contribution in [1.82, 2.24) is 0 Å². The minimum Gasteiger partial charge on any atom is -0.436 e. The number of thiol groups is 1. The van der Waals surface area contributed by atoms with Gasteiger partial charge in [0.25, 0.3) is 5.69 Å². The van der Waals surface area contributed by atoms with Gasteiger partial charge < -0.3 is 9.42 Å². The minimum atomic E-state index is -2.90. The van der Waals surface area contributed by atoms with E-state index < -0.39 is 5.69 Å². The van der Waals surface area contributed by atoms with E-state index in [0.29, 0.717) is 11.7 Å². The van der Waals surface area contributed by atoms with Crippen molar-refractivity contribution in [3.05, 3.63) is 29.8 Å². The molecule has 1 aromatic rings. The van der Waals surface area contributed by atoms with Gasteiger partial charge in [-0.2, -0.15) is 0 Å². The predicted molar refractivity (Wildman–Crippen MR) is 66.6 cm³/mol. The highest BCUT2D eigenvalue weighted by atomic mass is 32.9. The monoisotopic (exact) mass is 248 g/mol. The molecule has 0 aromatic heterocycles. The molecule has 0 aliphatic carbocycles. The molecule has 0 heterocycles. The van der Waals surface area contributed by atoms with Gasteiger partial charge in [-0.1, -0.05) is 38.2 Å². The van der Waals surface area contributed by atoms with E-state index >= 15 is 0 Å². The fourth-order valence-electron chi connectivity index (χ4n) is 1.05. The highest BCUT2D eigenvalue weighted by molar-refractivity contribution is 8.59. The molecular formula is C9H13O2PS2. The Hall–Kier alpha value is -0.0200. The second-order valence-corrected chi connectivity index (χ2v) is 8.39. The van der Waals surface area contributed by atoms with Crippen molar-refractivity contribution < 1.29 is 9.42 Å². The fourth-order valence-corrected chi connectivity index (χ4v) is 1.99. The molecule has 0 amide bonds. The maximum atomic E-state index is 9.22. The van der Waals surface area contributed by atoms with Crippen LogP contribution in [0.25, 0.3) is 0 Å². The summed E-state index contributed by atoms with van der Waals surface area (Å²) in [6, 6.07) is 7.50. The molecule has 1 rings (SSSR count). The van der Waals surface area contributed by atoms with E-state index in [1.54, 1.807) is 12.1 Å². The quantitative estimate of drug-likeness (QED) is 0.635. The highest BCUT2D eigenvalue weighted by Crippen LogP contribution is 2.47. The topological polar surface area (TPSA) is 29.5 Å². The summed E-state index contributed by atoms with van der Waals surface area (Å²) in [5.41, 5.74) is -1.67. The molecule has 0 saturated heterocycles. The summed E-state index contributed by atoms with van der Waals surface area (Å²) in [4.78, 5) is 9.22. The molecule has 78 valence electrons. The first-order valence-corrected chi connectivity index (χ1v) is 8.06. The third-order valence-corrected chi connectivity index (χ3v) is 2.69. The maximum absolute atomic E-state index is 9.22. The molecule has 1 unspecified atom stereocenters. The first-order valence-electron chi connectivity index (χ1n) is 4.23. The van der Waals surface area contributed by atoms with Gasteiger partial charge in [-0.3, -0.25) is 0 Å². The lowest BCUT2D eigenvalue weighted by Crippen LogP contribution is -1.88. The molecule has 0 fully saturated rings. The molecule has 5 heteroatoms. The summed E-state index contributed by atoms with van der Waals surface area (Å²) in [6.45, 7) is 4.23. The molecule has 0 radical (unpaired) electrons. The van der Waals surface area contributed by atoms with E-state index in [0.717, 1.165) is 0 Å². The van der Waals surface area contributed by atoms with Gasteiger partial charge in [0, 0.05) is 0 Å². The summed E-state index contributed by atoms with van der Waals surface area (Å²) in [5, 5.41) is 0. The standard InChI is InChI=1S/C9H13O2PS2/c1-7(2)8-3-5-9(6-4-8)11-12(10,13)14/h3-7H,1-2H3,(H2,10,13,14). The second-order valence-electron chi connectivity index (χ2n) is 3.31. The van der Waals surface area contributed by atoms with Crippen LogP contribution in [0.5, 0.6) is 5.75 Å². The second kappa shape index (κ2) is 4.67. The Morgan fingerprint density at radius 2 is 1.86 bits per heavy atom. The first kappa shape index (κ1) is 12.1. The van der Waals surface area contributed by atoms with Gasteiger partial charge in [0.1, 0.15) is 5.75 Å². The molecule has 0 aliphatic rings. The summed E-state index contributed by atoms with van der Waals surface area (Å²) in [5.74, 6) is 1.05. The van der Waals surface area contributed by atoms with Gasteiger partial charge in [0.2, 0.25) is 0 Å². The van der Waals surface area contributed by atoms with Gasteiger partial charge in [0.05, 0.1) is 0 Å². The van der Waals surface area contributed by atoms with Gasteiger partial charge in [-0.25, -0.2) is 0 Å². The van der Waals surface area contributed by atoms with Crippen LogP contribution in [0.2, 0.25) is 0 Å². The van der Waals surface area contributed by atoms with E-state index in [1.165, 1.54) is 5.56 Å². The molecule has 0 spiro atoms. The van der Waals surface area contributed by atoms with Crippen LogP contribution >= 0.6 is 17.9 Å². The van der Waals surface area contributed by atoms with E-state index in [2.05, 4.69) is 37.9 Å². The molecule has 1 N–H and O–H groups in total. The van der Waals surface area contributed by atoms with Crippen LogP contribution in [0.4, 0.5) is 0 Å². The fraction of sp³-hybridized carbons (Fsp3) is 0.333. The van der Waals surface area contributed by atoms with Crippen LogP contribution < -0.4 is 4.52 Å². The Morgan fingerprint density at radius 1 is 1.36 bits per heavy atom. The summed E-state index contributed by atoms with van der Waals surface area (Å²) in [7, 11) is 0. The Bertz CT molecular complexity index is 342. The maximum Gasteiger partial charge on any atom is 0.291 e. The lowest BCUT2D eigenvalue weighted by molar-refractivity contribution is 0.505. The van der Waals surface area contributed by atoms with Crippen molar-refractivity contribution >= 4 is 29.7 Å². The normalized spacial score (nSPS) is 15.2. The molecule has 1 aromatic carbocycles. The molecule has 1 atom stereocenters. The summed E-state index contributed by atoms with van der Waals surface area (Å²) in [6.07, 6.45) is 0. The molecule has 0 bridgehead atoms. The number of hydrogen-bond donors (Lipinski definition) is 2. The van der Waals surface area contributed by atoms with E-state index in [4.69, 9.17) is 4.52 Å². The molecular weight excluding hydrogens is 235 g/mol. The van der Waals surface area contributed by atoms with Gasteiger partial charge in [-0.15, -0.1) is 0 Å². The molecule has 0 aliphatic heterocycles. The van der Waals surface area contributed by atoms with Crippen LogP contribution in [0, 0.1) is 0 Å². The van der Waals surface area contributed by atoms with Gasteiger partial charge >= 0.3 is 0 Å². The largest absolute Gasteiger partial charge is 0.436 e. The van der Waals surface area contributed by atoms with E-state index in [1.807, 2.05) is 12.1 Å². The van der Waals surface area contributed by atoms with Crippen molar-refractivity contribution in [1.29, 1.82) is 0 Å². The van der Waals surface area contributed by atoms with Gasteiger partial charge in [-0.05, 0) is 35.4 Å². The zero-order valence-electron chi connectivity index (χ0n) is 8.04. The predicted octanol–water partition coefficient (Wildman–Crippen LogP) is 3.34. The number of rotatable bonds is 3. The molecule has 0 saturated carbocycles. The average Bonchev–Trinajstić information content (AvgIpc) is 2.02. The Balaban J connectivity index is 2.79. The van der Waals surface area contributed by atoms with E-state index in [-0.39, 0.29) is 0 Å². The van der Waals surface area contributed by atoms with Gasteiger partial charge in [0.15, 0.2) is 0 Å². The van der Waals surface area contributed by atoms with Crippen molar-refractivity contribution in [2.45, 2.75) is 19.8 Å². The average molecular weight is 248 g/mol. The first-order chi connectivity index (χ1) is 6.38. The Labute approximate surface area is 94.6 Å². The third kappa shape index (κ3) is 4.01. The molecule has 14 heavy (non-hydrogen) atoms. The third-order valence-electron chi connectivity index (χ3n) is 1.77. The van der Waals surface area contributed by atoms with Crippen LogP contribution in [-0.2, 0) is 11.8 Å². The van der Waals surface area contributed by atoms with Crippen molar-refractivity contribution in [2.24, 2.45) is 0 Å². The number of hydrogen-bond acceptors (Lipinski definition) is 2. The molecule has 2 nitrogen and oxygen atoms in total. The SMILES string of the molecule is CC(C)c1ccc(OP(O)(=S)S)cc1. The van der Waals surface area contributed by atoms with Crippen molar-refractivity contribution in [3.63, 3.8) is 0 Å². The zero-order chi connectivity index (χ0) is 10.8. The Kier molecular flexibility index (Phi) is 4.02. The van der Waals surface area contributed by atoms with Crippen LogP contribution in [0.1, 0.15) is 25.3 Å². The highest BCUT2D eigenvalue weighted by Gasteiger charge is 2.08. The zero-order valence-corrected chi connectivity index (χ0v) is 10.7. The van der Waals surface area contributed by atoms with Crippen LogP contribution in [-0.4, -0.2) is 4.89 Å². The Morgan fingerprint density at radius 3 is 2.21 bits per heavy atom. The summed E-state index contributed by atoms with van der Waals surface area (Å²) >= 11 is 8.45. The lowest BCUT2D eigenvalue weighted by atomic mass is 10.0. The van der Waals surface area contributed by atoms with Crippen LogP contribution in [0.15, 0.2) is 24.3 Å². The van der Waals surface area contributed by atoms with Crippen molar-refractivity contribution in [3.8, 4) is 5.75 Å². The van der Waals surface area contributed by atoms with Crippen molar-refractivity contribution in [2.75, 3.05) is 0 Å². The lowest BCUT2D eigenvalue weighted by Gasteiger charge is -2.11. The minimum absolute atomic E-state index is 0.484. The van der Waals surface area contributed by atoms with Crippen LogP contribution in [0.3, 0.4) is 0 Å². The summed E-state index contributed by atoms with van der Waals surface area (Å²) < 4.78 is 5.08. The smallest absolute Gasteiger partial charge is 0.291 e. The number of benzene rings is 1.